The minimum absolute atomic E-state index is 0.189. The number of nitrogens with one attached hydrogen (secondary N) is 1. The van der Waals surface area contributed by atoms with Crippen molar-refractivity contribution < 1.29 is 9.39 Å². The van der Waals surface area contributed by atoms with Crippen molar-refractivity contribution in [2.45, 2.75) is 33.1 Å². The van der Waals surface area contributed by atoms with Gasteiger partial charge in [0.15, 0.2) is 5.69 Å². The molecule has 1 saturated heterocycles. The topological polar surface area (TPSA) is 46.9 Å². The van der Waals surface area contributed by atoms with Gasteiger partial charge < -0.3 is 0 Å². The number of nitrogens with zero attached hydrogens (tertiary/aromatic N) is 3. The zero-order valence-corrected chi connectivity index (χ0v) is 21.8. The molecule has 1 N–H and O–H groups in total. The van der Waals surface area contributed by atoms with Crippen molar-refractivity contribution in [3.05, 3.63) is 80.0 Å². The lowest BCUT2D eigenvalue weighted by Gasteiger charge is -2.36. The minimum atomic E-state index is -0.189. The lowest BCUT2D eigenvalue weighted by atomic mass is 10.0. The molecule has 34 heavy (non-hydrogen) atoms. The summed E-state index contributed by atoms with van der Waals surface area (Å²) in [4.78, 5) is 13.4. The van der Waals surface area contributed by atoms with E-state index in [-0.39, 0.29) is 5.91 Å². The number of hydrogen-bond acceptors (Lipinski definition) is 2. The zero-order chi connectivity index (χ0) is 24.5. The number of carbonyl (C=O) groups is 1. The number of hydrogen-bond donors (Lipinski definition) is 1. The van der Waals surface area contributed by atoms with E-state index in [1.165, 1.54) is 6.42 Å². The van der Waals surface area contributed by atoms with Gasteiger partial charge in [-0.15, -0.1) is 0 Å². The van der Waals surface area contributed by atoms with Crippen LogP contribution < -0.4 is 5.43 Å². The van der Waals surface area contributed by atoms with E-state index in [0.29, 0.717) is 31.0 Å². The highest BCUT2D eigenvalue weighted by atomic mass is 35.5. The van der Waals surface area contributed by atoms with Crippen LogP contribution in [0.5, 0.6) is 0 Å². The molecule has 8 heteroatoms. The van der Waals surface area contributed by atoms with E-state index in [0.717, 1.165) is 48.3 Å². The highest BCUT2D eigenvalue weighted by Gasteiger charge is 2.31. The fourth-order valence-electron chi connectivity index (χ4n) is 4.50. The van der Waals surface area contributed by atoms with Gasteiger partial charge in [0.05, 0.1) is 23.5 Å². The molecule has 1 amide bonds. The van der Waals surface area contributed by atoms with Gasteiger partial charge in [-0.2, -0.15) is 10.5 Å². The van der Waals surface area contributed by atoms with Crippen LogP contribution in [0.15, 0.2) is 42.5 Å². The van der Waals surface area contributed by atoms with Gasteiger partial charge in [-0.25, -0.2) is 9.27 Å². The normalized spacial score (nSPS) is 15.9. The Bertz CT molecular complexity index is 1240. The average molecular weight is 519 g/mol. The standard InChI is InChI=1S/C26H27Cl3N4O/c1-17(15-19-7-9-20(27)10-8-19)25-18(2)24(26(34)31-33(3)13-5-4-6-14-33)30-32(25)23-12-11-21(28)16-22(23)29/h7-12,15-16H,4-6,13-14H2,1-3H3/p+1. The van der Waals surface area contributed by atoms with Crippen molar-refractivity contribution >= 4 is 52.4 Å². The molecule has 4 rings (SSSR count). The smallest absolute Gasteiger partial charge is 0.262 e. The molecule has 0 atom stereocenters. The predicted octanol–water partition coefficient (Wildman–Crippen LogP) is 6.98. The minimum Gasteiger partial charge on any atom is -0.262 e. The number of piperidine rings is 1. The van der Waals surface area contributed by atoms with Crippen LogP contribution in [0.2, 0.25) is 15.1 Å². The number of likely N-dealkylation sites (tertiary alicyclic amines) is 1. The Balaban J connectivity index is 1.80. The Morgan fingerprint density at radius 1 is 1.03 bits per heavy atom. The maximum atomic E-state index is 13.4. The summed E-state index contributed by atoms with van der Waals surface area (Å²) in [7, 11) is 2.06. The van der Waals surface area contributed by atoms with Crippen molar-refractivity contribution in [2.75, 3.05) is 20.1 Å². The fraction of sp³-hybridized carbons (Fsp3) is 0.308. The Morgan fingerprint density at radius 2 is 1.68 bits per heavy atom. The third kappa shape index (κ3) is 5.33. The molecule has 0 aliphatic carbocycles. The van der Waals surface area contributed by atoms with E-state index in [1.807, 2.05) is 50.3 Å². The molecule has 5 nitrogen and oxygen atoms in total. The van der Waals surface area contributed by atoms with Crippen LogP contribution >= 0.6 is 34.8 Å². The predicted molar refractivity (Wildman–Crippen MR) is 141 cm³/mol. The SMILES string of the molecule is CC(=Cc1ccc(Cl)cc1)c1c(C)c(C(=O)N[N+]2(C)CCCCC2)nn1-c1ccc(Cl)cc1Cl. The Kier molecular flexibility index (Phi) is 7.39. The first-order valence-electron chi connectivity index (χ1n) is 11.3. The second kappa shape index (κ2) is 10.1. The van der Waals surface area contributed by atoms with Crippen LogP contribution in [0.3, 0.4) is 0 Å². The monoisotopic (exact) mass is 517 g/mol. The first-order valence-corrected chi connectivity index (χ1v) is 12.5. The maximum Gasteiger partial charge on any atom is 0.316 e. The molecule has 1 aromatic heterocycles. The summed E-state index contributed by atoms with van der Waals surface area (Å²) in [5, 5.41) is 6.42. The van der Waals surface area contributed by atoms with Crippen molar-refractivity contribution in [1.82, 2.24) is 15.2 Å². The molecule has 1 aliphatic heterocycles. The van der Waals surface area contributed by atoms with Gasteiger partial charge in [-0.1, -0.05) is 46.9 Å². The number of quaternary nitrogens is 1. The van der Waals surface area contributed by atoms with Gasteiger partial charge in [-0.3, -0.25) is 4.79 Å². The molecule has 1 fully saturated rings. The van der Waals surface area contributed by atoms with Crippen LogP contribution in [0.25, 0.3) is 17.3 Å². The summed E-state index contributed by atoms with van der Waals surface area (Å²) in [6.07, 6.45) is 5.43. The van der Waals surface area contributed by atoms with Crippen molar-refractivity contribution in [1.29, 1.82) is 0 Å². The summed E-state index contributed by atoms with van der Waals surface area (Å²) in [5.74, 6) is -0.189. The highest BCUT2D eigenvalue weighted by Crippen LogP contribution is 2.31. The first-order chi connectivity index (χ1) is 16.2. The quantitative estimate of drug-likeness (QED) is 0.370. The largest absolute Gasteiger partial charge is 0.316 e. The molecular weight excluding hydrogens is 491 g/mol. The molecule has 1 aliphatic rings. The fourth-order valence-corrected chi connectivity index (χ4v) is 5.11. The first kappa shape index (κ1) is 24.8. The molecule has 3 aromatic rings. The number of rotatable bonds is 5. The Morgan fingerprint density at radius 3 is 2.32 bits per heavy atom. The van der Waals surface area contributed by atoms with Gasteiger partial charge >= 0.3 is 5.91 Å². The second-order valence-corrected chi connectivity index (χ2v) is 10.3. The van der Waals surface area contributed by atoms with Crippen LogP contribution in [-0.2, 0) is 0 Å². The lowest BCUT2D eigenvalue weighted by Crippen LogP contribution is -2.59. The van der Waals surface area contributed by atoms with Gasteiger partial charge in [0, 0.05) is 15.6 Å². The molecule has 0 unspecified atom stereocenters. The molecule has 0 bridgehead atoms. The van der Waals surface area contributed by atoms with Crippen molar-refractivity contribution in [3.8, 4) is 5.69 Å². The lowest BCUT2D eigenvalue weighted by molar-refractivity contribution is -0.947. The summed E-state index contributed by atoms with van der Waals surface area (Å²) >= 11 is 18.7. The van der Waals surface area contributed by atoms with Crippen molar-refractivity contribution in [2.24, 2.45) is 0 Å². The second-order valence-electron chi connectivity index (χ2n) is 9.05. The van der Waals surface area contributed by atoms with Gasteiger partial charge in [0.25, 0.3) is 0 Å². The van der Waals surface area contributed by atoms with E-state index in [2.05, 4.69) is 12.5 Å². The van der Waals surface area contributed by atoms with Crippen LogP contribution in [0.1, 0.15) is 53.5 Å². The third-order valence-electron chi connectivity index (χ3n) is 6.28. The van der Waals surface area contributed by atoms with E-state index in [9.17, 15) is 4.79 Å². The summed E-state index contributed by atoms with van der Waals surface area (Å²) in [5.41, 5.74) is 7.77. The van der Waals surface area contributed by atoms with E-state index >= 15 is 0 Å². The van der Waals surface area contributed by atoms with Crippen LogP contribution in [0, 0.1) is 6.92 Å². The molecular formula is C26H28Cl3N4O+. The van der Waals surface area contributed by atoms with E-state index in [4.69, 9.17) is 39.9 Å². The number of amides is 1. The number of aromatic nitrogens is 2. The summed E-state index contributed by atoms with van der Waals surface area (Å²) in [6, 6.07) is 12.9. The molecule has 2 heterocycles. The number of allylic oxidation sites excluding steroid dienone is 1. The van der Waals surface area contributed by atoms with Gasteiger partial charge in [0.2, 0.25) is 0 Å². The highest BCUT2D eigenvalue weighted by molar-refractivity contribution is 6.35. The van der Waals surface area contributed by atoms with Crippen molar-refractivity contribution in [3.63, 3.8) is 0 Å². The van der Waals surface area contributed by atoms with Crippen LogP contribution in [0.4, 0.5) is 0 Å². The van der Waals surface area contributed by atoms with Gasteiger partial charge in [-0.05, 0) is 80.7 Å². The van der Waals surface area contributed by atoms with Gasteiger partial charge in [0.1, 0.15) is 13.1 Å². The molecule has 0 saturated carbocycles. The molecule has 0 spiro atoms. The van der Waals surface area contributed by atoms with Crippen LogP contribution in [-0.4, -0.2) is 40.4 Å². The zero-order valence-electron chi connectivity index (χ0n) is 19.5. The maximum absolute atomic E-state index is 13.4. The Hall–Kier alpha value is -2.31. The third-order valence-corrected chi connectivity index (χ3v) is 7.07. The average Bonchev–Trinajstić information content (AvgIpc) is 3.12. The number of carbonyl (C=O) groups excluding carboxylic acids is 1. The molecule has 0 radical (unpaired) electrons. The number of halogens is 3. The Labute approximate surface area is 215 Å². The number of benzene rings is 2. The van der Waals surface area contributed by atoms with E-state index < -0.39 is 0 Å². The summed E-state index contributed by atoms with van der Waals surface area (Å²) in [6.45, 7) is 5.75. The summed E-state index contributed by atoms with van der Waals surface area (Å²) < 4.78 is 2.25. The molecule has 2 aromatic carbocycles. The molecule has 178 valence electrons. The van der Waals surface area contributed by atoms with E-state index in [1.54, 1.807) is 16.8 Å².